The van der Waals surface area contributed by atoms with Gasteiger partial charge < -0.3 is 19.4 Å². The van der Waals surface area contributed by atoms with E-state index in [-0.39, 0.29) is 17.9 Å². The number of nitrogens with zero attached hydrogens (tertiary/aromatic N) is 2. The van der Waals surface area contributed by atoms with E-state index >= 15 is 0 Å². The molecule has 2 aromatic heterocycles. The summed E-state index contributed by atoms with van der Waals surface area (Å²) < 4.78 is 26.8. The van der Waals surface area contributed by atoms with Crippen LogP contribution in [0.4, 0.5) is 10.1 Å². The van der Waals surface area contributed by atoms with Crippen molar-refractivity contribution in [3.63, 3.8) is 0 Å². The van der Waals surface area contributed by atoms with Crippen LogP contribution in [0.1, 0.15) is 23.5 Å². The van der Waals surface area contributed by atoms with Crippen LogP contribution < -0.4 is 15.0 Å². The molecule has 1 N–H and O–H groups in total. The lowest BCUT2D eigenvalue weighted by Gasteiger charge is -2.26. The third kappa shape index (κ3) is 4.17. The summed E-state index contributed by atoms with van der Waals surface area (Å²) in [7, 11) is 1.56. The number of methoxy groups -OCH3 is 1. The number of hydrogen-bond acceptors (Lipinski definition) is 4. The highest BCUT2D eigenvalue weighted by atomic mass is 79.9. The van der Waals surface area contributed by atoms with Gasteiger partial charge >= 0.3 is 0 Å². The van der Waals surface area contributed by atoms with E-state index in [1.54, 1.807) is 43.6 Å². The second kappa shape index (κ2) is 9.37. The molecule has 34 heavy (non-hydrogen) atoms. The monoisotopic (exact) mass is 557 g/mol. The van der Waals surface area contributed by atoms with Crippen LogP contribution in [0.15, 0.2) is 81.8 Å². The molecule has 1 aliphatic rings. The normalized spacial score (nSPS) is 17.6. The van der Waals surface area contributed by atoms with Crippen LogP contribution in [0.25, 0.3) is 11.3 Å². The molecule has 0 saturated carbocycles. The summed E-state index contributed by atoms with van der Waals surface area (Å²) in [6.45, 7) is 0. The van der Waals surface area contributed by atoms with Gasteiger partial charge in [0.25, 0.3) is 0 Å². The summed E-state index contributed by atoms with van der Waals surface area (Å²) in [5.41, 5.74) is 1.93. The van der Waals surface area contributed by atoms with Crippen LogP contribution in [0.2, 0.25) is 5.02 Å². The van der Waals surface area contributed by atoms with Crippen LogP contribution >= 0.6 is 39.7 Å². The minimum atomic E-state index is -0.390. The van der Waals surface area contributed by atoms with E-state index in [2.05, 4.69) is 26.2 Å². The molecule has 3 heterocycles. The molecule has 4 aromatic rings. The molecule has 1 saturated heterocycles. The Labute approximate surface area is 214 Å². The number of ether oxygens (including phenoxy) is 1. The first-order valence-corrected chi connectivity index (χ1v) is 11.9. The number of thiocarbonyl (C=S) groups is 1. The minimum absolute atomic E-state index is 0.302. The number of rotatable bonds is 5. The van der Waals surface area contributed by atoms with Crippen molar-refractivity contribution in [3.8, 4) is 17.1 Å². The average Bonchev–Trinajstić information content (AvgIpc) is 3.44. The summed E-state index contributed by atoms with van der Waals surface area (Å²) in [6.07, 6.45) is 1.73. The molecular formula is C25H18BrClFN3O2S. The summed E-state index contributed by atoms with van der Waals surface area (Å²) in [4.78, 5) is 6.46. The fourth-order valence-electron chi connectivity index (χ4n) is 4.07. The van der Waals surface area contributed by atoms with Crippen molar-refractivity contribution in [2.45, 2.75) is 12.1 Å². The van der Waals surface area contributed by atoms with Crippen molar-refractivity contribution >= 4 is 50.5 Å². The van der Waals surface area contributed by atoms with Gasteiger partial charge in [-0.1, -0.05) is 33.6 Å². The molecule has 0 spiro atoms. The molecule has 0 aliphatic carbocycles. The molecule has 0 amide bonds. The third-order valence-corrected chi connectivity index (χ3v) is 6.73. The molecule has 0 radical (unpaired) electrons. The third-order valence-electron chi connectivity index (χ3n) is 5.63. The van der Waals surface area contributed by atoms with Gasteiger partial charge in [0.1, 0.15) is 29.1 Å². The molecule has 0 bridgehead atoms. The number of aromatic nitrogens is 1. The maximum absolute atomic E-state index is 14.6. The molecule has 172 valence electrons. The summed E-state index contributed by atoms with van der Waals surface area (Å²) >= 11 is 15.4. The first-order chi connectivity index (χ1) is 16.5. The largest absolute Gasteiger partial charge is 0.495 e. The van der Waals surface area contributed by atoms with Crippen molar-refractivity contribution in [3.05, 3.63) is 99.7 Å². The fraction of sp³-hybridized carbons (Fsp3) is 0.120. The van der Waals surface area contributed by atoms with Crippen molar-refractivity contribution in [2.24, 2.45) is 0 Å². The summed E-state index contributed by atoms with van der Waals surface area (Å²) in [5.74, 6) is 1.21. The summed E-state index contributed by atoms with van der Waals surface area (Å²) in [5, 5.41) is 4.32. The zero-order chi connectivity index (χ0) is 23.8. The molecule has 5 rings (SSSR count). The van der Waals surface area contributed by atoms with Crippen molar-refractivity contribution in [1.29, 1.82) is 0 Å². The Balaban J connectivity index is 1.61. The number of furan rings is 1. The van der Waals surface area contributed by atoms with E-state index < -0.39 is 0 Å². The Morgan fingerprint density at radius 3 is 2.71 bits per heavy atom. The van der Waals surface area contributed by atoms with E-state index in [4.69, 9.17) is 33.0 Å². The molecule has 2 atom stereocenters. The molecule has 5 nitrogen and oxygen atoms in total. The zero-order valence-electron chi connectivity index (χ0n) is 17.8. The highest BCUT2D eigenvalue weighted by molar-refractivity contribution is 9.10. The van der Waals surface area contributed by atoms with Crippen molar-refractivity contribution in [1.82, 2.24) is 10.3 Å². The number of hydrogen-bond donors (Lipinski definition) is 1. The Bertz CT molecular complexity index is 1370. The predicted octanol–water partition coefficient (Wildman–Crippen LogP) is 7.08. The second-order valence-electron chi connectivity index (χ2n) is 7.64. The maximum Gasteiger partial charge on any atom is 0.174 e. The van der Waals surface area contributed by atoms with Crippen LogP contribution in [-0.4, -0.2) is 17.2 Å². The van der Waals surface area contributed by atoms with E-state index in [0.29, 0.717) is 37.4 Å². The lowest BCUT2D eigenvalue weighted by Crippen LogP contribution is -2.29. The van der Waals surface area contributed by atoms with E-state index in [1.165, 1.54) is 6.07 Å². The predicted molar refractivity (Wildman–Crippen MR) is 138 cm³/mol. The molecule has 1 fully saturated rings. The topological polar surface area (TPSA) is 50.5 Å². The van der Waals surface area contributed by atoms with Crippen LogP contribution in [0.5, 0.6) is 5.75 Å². The van der Waals surface area contributed by atoms with Gasteiger partial charge in [-0.2, -0.15) is 0 Å². The van der Waals surface area contributed by atoms with Gasteiger partial charge in [-0.05, 0) is 72.9 Å². The highest BCUT2D eigenvalue weighted by Crippen LogP contribution is 2.44. The van der Waals surface area contributed by atoms with E-state index in [9.17, 15) is 4.39 Å². The number of nitrogens with one attached hydrogen (secondary N) is 1. The van der Waals surface area contributed by atoms with Crippen LogP contribution in [0.3, 0.4) is 0 Å². The van der Waals surface area contributed by atoms with Crippen LogP contribution in [0, 0.1) is 5.82 Å². The lowest BCUT2D eigenvalue weighted by molar-refractivity contribution is 0.415. The lowest BCUT2D eigenvalue weighted by atomic mass is 10.0. The zero-order valence-corrected chi connectivity index (χ0v) is 21.0. The average molecular weight is 559 g/mol. The van der Waals surface area contributed by atoms with Crippen LogP contribution in [-0.2, 0) is 0 Å². The first-order valence-electron chi connectivity index (χ1n) is 10.4. The first kappa shape index (κ1) is 22.8. The Hall–Kier alpha value is -2.94. The number of anilines is 1. The quantitative estimate of drug-likeness (QED) is 0.264. The maximum atomic E-state index is 14.6. The van der Waals surface area contributed by atoms with Crippen molar-refractivity contribution in [2.75, 3.05) is 12.0 Å². The molecule has 2 aromatic carbocycles. The van der Waals surface area contributed by atoms with E-state index in [1.807, 2.05) is 35.2 Å². The van der Waals surface area contributed by atoms with Crippen molar-refractivity contribution < 1.29 is 13.5 Å². The Kier molecular flexibility index (Phi) is 6.29. The van der Waals surface area contributed by atoms with Gasteiger partial charge in [-0.3, -0.25) is 4.98 Å². The van der Waals surface area contributed by atoms with Gasteiger partial charge in [0.2, 0.25) is 0 Å². The van der Waals surface area contributed by atoms with Gasteiger partial charge in [0, 0.05) is 16.4 Å². The molecule has 0 unspecified atom stereocenters. The molecular weight excluding hydrogens is 541 g/mol. The number of benzene rings is 2. The van der Waals surface area contributed by atoms with Gasteiger partial charge in [0.05, 0.1) is 29.4 Å². The summed E-state index contributed by atoms with van der Waals surface area (Å²) in [6, 6.07) is 18.9. The Morgan fingerprint density at radius 1 is 1.15 bits per heavy atom. The SMILES string of the molecule is COc1ccc(N2C(=S)N[C@@H](c3ccccn3)[C@H]2c2ccc(-c3ccc(Br)cc3F)o2)cc1Cl. The second-order valence-corrected chi connectivity index (χ2v) is 9.35. The smallest absolute Gasteiger partial charge is 0.174 e. The minimum Gasteiger partial charge on any atom is -0.495 e. The highest BCUT2D eigenvalue weighted by Gasteiger charge is 2.42. The molecule has 1 aliphatic heterocycles. The van der Waals surface area contributed by atoms with Gasteiger partial charge in [-0.25, -0.2) is 4.39 Å². The van der Waals surface area contributed by atoms with E-state index in [0.717, 1.165) is 11.4 Å². The number of halogens is 3. The van der Waals surface area contributed by atoms with Gasteiger partial charge in [0.15, 0.2) is 5.11 Å². The molecule has 9 heteroatoms. The fourth-order valence-corrected chi connectivity index (χ4v) is 5.00. The standard InChI is InChI=1S/C25H18BrClFN3O2S/c1-32-21-8-6-15(13-17(21)27)31-24(23(30-25(31)34)19-4-2-3-11-29-19)22-10-9-20(33-22)16-7-5-14(26)12-18(16)28/h2-13,23-24H,1H3,(H,30,34)/t23-,24+/m0/s1. The van der Waals surface area contributed by atoms with Gasteiger partial charge in [-0.15, -0.1) is 0 Å². The number of pyridine rings is 1. The Morgan fingerprint density at radius 2 is 2.00 bits per heavy atom.